The molecule has 1 aromatic heterocycles. The molecule has 4 rings (SSSR count). The standard InChI is InChI=1S/C21H25N3O3/c25-20(12-16-7-6-15-4-1-2-5-19(15)16)23-10-3-11-24-18(14-23)13-17(22-24)8-9-21(26)27/h1-2,4-5,13,16H,3,6-12,14H2,(H,26,27)/t16-/m1/s1. The van der Waals surface area contributed by atoms with Crippen LogP contribution in [0.1, 0.15) is 54.1 Å². The minimum absolute atomic E-state index is 0.0835. The molecule has 0 radical (unpaired) electrons. The van der Waals surface area contributed by atoms with E-state index in [-0.39, 0.29) is 12.3 Å². The lowest BCUT2D eigenvalue weighted by Gasteiger charge is -2.22. The van der Waals surface area contributed by atoms with Crippen molar-refractivity contribution >= 4 is 11.9 Å². The van der Waals surface area contributed by atoms with Crippen molar-refractivity contribution in [3.63, 3.8) is 0 Å². The van der Waals surface area contributed by atoms with Gasteiger partial charge < -0.3 is 10.0 Å². The molecule has 1 aromatic carbocycles. The molecule has 1 atom stereocenters. The summed E-state index contributed by atoms with van der Waals surface area (Å²) < 4.78 is 1.94. The smallest absolute Gasteiger partial charge is 0.303 e. The molecule has 0 saturated carbocycles. The number of carboxylic acid groups (broad SMARTS) is 1. The maximum Gasteiger partial charge on any atom is 0.303 e. The van der Waals surface area contributed by atoms with Crippen molar-refractivity contribution in [2.75, 3.05) is 6.54 Å². The van der Waals surface area contributed by atoms with E-state index in [4.69, 9.17) is 5.11 Å². The monoisotopic (exact) mass is 367 g/mol. The van der Waals surface area contributed by atoms with Crippen LogP contribution >= 0.6 is 0 Å². The zero-order chi connectivity index (χ0) is 18.8. The van der Waals surface area contributed by atoms with Gasteiger partial charge in [-0.3, -0.25) is 14.3 Å². The lowest BCUT2D eigenvalue weighted by Crippen LogP contribution is -2.31. The van der Waals surface area contributed by atoms with Gasteiger partial charge in [-0.15, -0.1) is 0 Å². The Morgan fingerprint density at radius 2 is 2.07 bits per heavy atom. The Hall–Kier alpha value is -2.63. The van der Waals surface area contributed by atoms with Gasteiger partial charge in [0.2, 0.25) is 5.91 Å². The summed E-state index contributed by atoms with van der Waals surface area (Å²) in [5.74, 6) is -0.279. The quantitative estimate of drug-likeness (QED) is 0.882. The summed E-state index contributed by atoms with van der Waals surface area (Å²) in [7, 11) is 0. The molecule has 27 heavy (non-hydrogen) atoms. The van der Waals surface area contributed by atoms with Crippen LogP contribution in [0.25, 0.3) is 0 Å². The molecule has 0 fully saturated rings. The Morgan fingerprint density at radius 1 is 1.22 bits per heavy atom. The normalized spacial score (nSPS) is 18.7. The van der Waals surface area contributed by atoms with Crippen molar-refractivity contribution < 1.29 is 14.7 Å². The van der Waals surface area contributed by atoms with Crippen molar-refractivity contribution in [3.8, 4) is 0 Å². The number of hydrogen-bond donors (Lipinski definition) is 1. The topological polar surface area (TPSA) is 75.4 Å². The molecule has 1 aliphatic heterocycles. The number of rotatable bonds is 5. The number of aryl methyl sites for hydroxylation is 3. The van der Waals surface area contributed by atoms with Gasteiger partial charge in [0.25, 0.3) is 0 Å². The van der Waals surface area contributed by atoms with E-state index in [0.29, 0.717) is 25.3 Å². The van der Waals surface area contributed by atoms with Crippen LogP contribution in [-0.2, 0) is 35.5 Å². The van der Waals surface area contributed by atoms with Crippen LogP contribution in [0, 0.1) is 0 Å². The number of aromatic nitrogens is 2. The highest BCUT2D eigenvalue weighted by atomic mass is 16.4. The van der Waals surface area contributed by atoms with Crippen LogP contribution in [0.15, 0.2) is 30.3 Å². The molecule has 0 unspecified atom stereocenters. The minimum atomic E-state index is -0.813. The number of benzene rings is 1. The summed E-state index contributed by atoms with van der Waals surface area (Å²) in [5.41, 5.74) is 4.52. The number of aliphatic carboxylic acids is 1. The average molecular weight is 367 g/mol. The number of carbonyl (C=O) groups excluding carboxylic acids is 1. The molecule has 142 valence electrons. The van der Waals surface area contributed by atoms with E-state index >= 15 is 0 Å². The molecule has 0 bridgehead atoms. The first-order chi connectivity index (χ1) is 13.1. The second-order valence-corrected chi connectivity index (χ2v) is 7.55. The van der Waals surface area contributed by atoms with Crippen LogP contribution in [0.2, 0.25) is 0 Å². The Labute approximate surface area is 158 Å². The number of hydrogen-bond acceptors (Lipinski definition) is 3. The van der Waals surface area contributed by atoms with Crippen molar-refractivity contribution in [1.29, 1.82) is 0 Å². The van der Waals surface area contributed by atoms with Crippen molar-refractivity contribution in [2.24, 2.45) is 0 Å². The highest BCUT2D eigenvalue weighted by Gasteiger charge is 2.27. The molecule has 0 spiro atoms. The second kappa shape index (κ2) is 7.55. The van der Waals surface area contributed by atoms with Crippen LogP contribution < -0.4 is 0 Å². The summed E-state index contributed by atoms with van der Waals surface area (Å²) in [6.45, 7) is 2.09. The Balaban J connectivity index is 1.42. The number of carboxylic acids is 1. The third kappa shape index (κ3) is 3.89. The third-order valence-corrected chi connectivity index (χ3v) is 5.69. The molecule has 2 aliphatic rings. The van der Waals surface area contributed by atoms with Gasteiger partial charge in [-0.25, -0.2) is 0 Å². The maximum atomic E-state index is 13.0. The first kappa shape index (κ1) is 17.8. The summed E-state index contributed by atoms with van der Waals surface area (Å²) in [4.78, 5) is 25.7. The number of amides is 1. The molecule has 6 nitrogen and oxygen atoms in total. The molecule has 2 aromatic rings. The maximum absolute atomic E-state index is 13.0. The van der Waals surface area contributed by atoms with Crippen molar-refractivity contribution in [2.45, 2.75) is 57.5 Å². The van der Waals surface area contributed by atoms with E-state index < -0.39 is 5.97 Å². The molecule has 0 saturated heterocycles. The van der Waals surface area contributed by atoms with Gasteiger partial charge in [-0.05, 0) is 42.4 Å². The molecule has 1 amide bonds. The SMILES string of the molecule is O=C(O)CCc1cc2n(n1)CCCN(C(=O)C[C@H]1CCc3ccccc31)C2. The largest absolute Gasteiger partial charge is 0.481 e. The molecule has 1 aliphatic carbocycles. The van der Waals surface area contributed by atoms with Crippen LogP contribution in [0.3, 0.4) is 0 Å². The predicted molar refractivity (Wildman–Crippen MR) is 100 cm³/mol. The lowest BCUT2D eigenvalue weighted by atomic mass is 9.97. The summed E-state index contributed by atoms with van der Waals surface area (Å²) in [6.07, 6.45) is 4.07. The molecule has 6 heteroatoms. The second-order valence-electron chi connectivity index (χ2n) is 7.55. The van der Waals surface area contributed by atoms with E-state index in [1.165, 1.54) is 11.1 Å². The zero-order valence-corrected chi connectivity index (χ0v) is 15.4. The summed E-state index contributed by atoms with van der Waals surface area (Å²) >= 11 is 0. The Kier molecular flexibility index (Phi) is 4.97. The third-order valence-electron chi connectivity index (χ3n) is 5.69. The Bertz CT molecular complexity index is 858. The van der Waals surface area contributed by atoms with E-state index in [1.807, 2.05) is 15.6 Å². The van der Waals surface area contributed by atoms with Crippen LogP contribution in [-0.4, -0.2) is 38.2 Å². The predicted octanol–water partition coefficient (Wildman–Crippen LogP) is 2.75. The highest BCUT2D eigenvalue weighted by molar-refractivity contribution is 5.77. The lowest BCUT2D eigenvalue weighted by molar-refractivity contribution is -0.137. The first-order valence-electron chi connectivity index (χ1n) is 9.73. The number of fused-ring (bicyclic) bond motifs is 2. The van der Waals surface area contributed by atoms with E-state index in [0.717, 1.165) is 43.7 Å². The van der Waals surface area contributed by atoms with E-state index in [1.54, 1.807) is 0 Å². The number of nitrogens with zero attached hydrogens (tertiary/aromatic N) is 3. The van der Waals surface area contributed by atoms with Crippen molar-refractivity contribution in [1.82, 2.24) is 14.7 Å². The molecular formula is C21H25N3O3. The van der Waals surface area contributed by atoms with Crippen molar-refractivity contribution in [3.05, 3.63) is 52.8 Å². The fraction of sp³-hybridized carbons (Fsp3) is 0.476. The van der Waals surface area contributed by atoms with Gasteiger partial charge in [-0.1, -0.05) is 24.3 Å². The summed E-state index contributed by atoms with van der Waals surface area (Å²) in [6, 6.07) is 10.4. The van der Waals surface area contributed by atoms with Crippen LogP contribution in [0.5, 0.6) is 0 Å². The fourth-order valence-electron chi connectivity index (χ4n) is 4.29. The first-order valence-corrected chi connectivity index (χ1v) is 9.73. The Morgan fingerprint density at radius 3 is 2.93 bits per heavy atom. The van der Waals surface area contributed by atoms with E-state index in [2.05, 4.69) is 29.4 Å². The highest BCUT2D eigenvalue weighted by Crippen LogP contribution is 2.35. The average Bonchev–Trinajstić information content (AvgIpc) is 3.18. The molecule has 2 heterocycles. The zero-order valence-electron chi connectivity index (χ0n) is 15.4. The van der Waals surface area contributed by atoms with Gasteiger partial charge in [0, 0.05) is 25.9 Å². The van der Waals surface area contributed by atoms with Gasteiger partial charge >= 0.3 is 5.97 Å². The molecule has 1 N–H and O–H groups in total. The number of carbonyl (C=O) groups is 2. The van der Waals surface area contributed by atoms with E-state index in [9.17, 15) is 9.59 Å². The fourth-order valence-corrected chi connectivity index (χ4v) is 4.29. The van der Waals surface area contributed by atoms with Crippen LogP contribution in [0.4, 0.5) is 0 Å². The van der Waals surface area contributed by atoms with Gasteiger partial charge in [-0.2, -0.15) is 5.10 Å². The summed E-state index contributed by atoms with van der Waals surface area (Å²) in [5, 5.41) is 13.4. The van der Waals surface area contributed by atoms with Gasteiger partial charge in [0.05, 0.1) is 24.4 Å². The van der Waals surface area contributed by atoms with Gasteiger partial charge in [0.15, 0.2) is 0 Å². The minimum Gasteiger partial charge on any atom is -0.481 e. The molecular weight excluding hydrogens is 342 g/mol. The van der Waals surface area contributed by atoms with Gasteiger partial charge in [0.1, 0.15) is 0 Å².